The van der Waals surface area contributed by atoms with E-state index in [0.29, 0.717) is 13.8 Å². The fourth-order valence-electron chi connectivity index (χ4n) is 3.17. The fraction of sp³-hybridized carbons (Fsp3) is 0.0714. The third-order valence-corrected chi connectivity index (χ3v) is 5.23. The van der Waals surface area contributed by atoms with Crippen LogP contribution in [0, 0.1) is 0 Å². The van der Waals surface area contributed by atoms with Crippen LogP contribution in [0.25, 0.3) is 10.8 Å². The number of halogens is 1. The van der Waals surface area contributed by atoms with Crippen LogP contribution in [0.4, 0.5) is 0 Å². The molecule has 0 fully saturated rings. The molecule has 0 aromatic heterocycles. The summed E-state index contributed by atoms with van der Waals surface area (Å²) in [5.41, 5.74) is 0.663. The third-order valence-electron chi connectivity index (χ3n) is 4.24. The van der Waals surface area contributed by atoms with Crippen LogP contribution in [0.1, 0.15) is 42.9 Å². The normalized spacial score (nSPS) is 19.5. The number of carbonyl (C=O) groups is 3. The lowest BCUT2D eigenvalue weighted by Gasteiger charge is -2.34. The van der Waals surface area contributed by atoms with Crippen molar-refractivity contribution in [3.63, 3.8) is 0 Å². The molecule has 2 radical (unpaired) electrons. The second kappa shape index (κ2) is 4.82. The number of aliphatic hydroxyl groups excluding tert-OH is 1. The highest BCUT2D eigenvalue weighted by molar-refractivity contribution is 9.10. The van der Waals surface area contributed by atoms with E-state index in [1.807, 2.05) is 0 Å². The topological polar surface area (TPSA) is 104 Å². The highest BCUT2D eigenvalue weighted by Gasteiger charge is 2.40. The molecule has 2 heterocycles. The van der Waals surface area contributed by atoms with Gasteiger partial charge in [0.25, 0.3) is 17.7 Å². The zero-order chi connectivity index (χ0) is 17.5. The van der Waals surface area contributed by atoms with Crippen molar-refractivity contribution in [2.24, 2.45) is 5.84 Å². The average Bonchev–Trinajstić information content (AvgIpc) is 2.54. The van der Waals surface area contributed by atoms with Crippen LogP contribution in [0.15, 0.2) is 16.6 Å². The molecule has 0 saturated carbocycles. The summed E-state index contributed by atoms with van der Waals surface area (Å²) >= 11 is 7.21. The maximum Gasteiger partial charge on any atom is 0.272 e. The molecular weight excluding hydrogens is 397 g/mol. The summed E-state index contributed by atoms with van der Waals surface area (Å²) in [7, 11) is 5.95. The molecule has 0 spiro atoms. The Kier molecular flexibility index (Phi) is 3.14. The smallest absolute Gasteiger partial charge is 0.272 e. The maximum atomic E-state index is 12.5. The molecule has 118 valence electrons. The van der Waals surface area contributed by atoms with Crippen molar-refractivity contribution < 1.29 is 19.5 Å². The van der Waals surface area contributed by atoms with Crippen molar-refractivity contribution >= 4 is 70.5 Å². The Bertz CT molecular complexity index is 1010. The van der Waals surface area contributed by atoms with E-state index in [2.05, 4.69) is 28.7 Å². The van der Waals surface area contributed by atoms with Crippen LogP contribution in [-0.2, 0) is 0 Å². The first kappa shape index (κ1) is 15.6. The molecule has 4 rings (SSSR count). The van der Waals surface area contributed by atoms with E-state index in [1.165, 1.54) is 12.1 Å². The first-order chi connectivity index (χ1) is 11.3. The van der Waals surface area contributed by atoms with E-state index >= 15 is 0 Å². The van der Waals surface area contributed by atoms with Gasteiger partial charge in [-0.15, -0.1) is 0 Å². The number of carbonyl (C=O) groups excluding carboxylic acids is 3. The lowest BCUT2D eigenvalue weighted by atomic mass is 9.78. The van der Waals surface area contributed by atoms with E-state index in [0.717, 1.165) is 0 Å². The molecule has 7 nitrogen and oxygen atoms in total. The Morgan fingerprint density at radius 2 is 1.79 bits per heavy atom. The van der Waals surface area contributed by atoms with Gasteiger partial charge in [0.1, 0.15) is 7.85 Å². The van der Waals surface area contributed by atoms with Gasteiger partial charge in [-0.2, -0.15) is 0 Å². The van der Waals surface area contributed by atoms with Crippen LogP contribution in [-0.4, -0.2) is 40.0 Å². The Morgan fingerprint density at radius 1 is 1.12 bits per heavy atom. The van der Waals surface area contributed by atoms with Gasteiger partial charge < -0.3 is 5.11 Å². The van der Waals surface area contributed by atoms with Crippen LogP contribution in [0.5, 0.6) is 0 Å². The Balaban J connectivity index is 2.30. The lowest BCUT2D eigenvalue weighted by Crippen LogP contribution is -2.46. The predicted molar refractivity (Wildman–Crippen MR) is 91.8 cm³/mol. The number of rotatable bonds is 0. The van der Waals surface area contributed by atoms with E-state index in [-0.39, 0.29) is 38.5 Å². The number of nitrogens with zero attached hydrogens (tertiary/aromatic N) is 2. The molecule has 2 aliphatic rings. The van der Waals surface area contributed by atoms with Gasteiger partial charge in [0, 0.05) is 31.9 Å². The molecule has 2 aromatic carbocycles. The van der Waals surface area contributed by atoms with Gasteiger partial charge in [0.05, 0.1) is 5.56 Å². The summed E-state index contributed by atoms with van der Waals surface area (Å²) in [5, 5.41) is 11.5. The van der Waals surface area contributed by atoms with Gasteiger partial charge in [-0.25, -0.2) is 15.2 Å². The lowest BCUT2D eigenvalue weighted by molar-refractivity contribution is 0.00441. The standard InChI is InChI=1S/C14H7BBrN3O4S/c15-5-1-3-8-7-4(11(20)18(17)13(22)9(5)7)2-6(16)10(8)14(23)19(24)12(3)21/h1-2,11,20,24H,17H2. The summed E-state index contributed by atoms with van der Waals surface area (Å²) in [6.07, 6.45) is -1.43. The van der Waals surface area contributed by atoms with Gasteiger partial charge in [-0.3, -0.25) is 14.4 Å². The minimum absolute atomic E-state index is 0.0313. The molecule has 0 aliphatic carbocycles. The molecular formula is C14H7BBrN3O4S. The second-order valence-corrected chi connectivity index (χ2v) is 6.72. The molecule has 1 atom stereocenters. The minimum Gasteiger partial charge on any atom is -0.368 e. The molecule has 0 saturated heterocycles. The highest BCUT2D eigenvalue weighted by atomic mass is 79.9. The number of hydrogen-bond donors (Lipinski definition) is 3. The first-order valence-corrected chi connectivity index (χ1v) is 7.87. The monoisotopic (exact) mass is 403 g/mol. The second-order valence-electron chi connectivity index (χ2n) is 5.47. The van der Waals surface area contributed by atoms with E-state index in [4.69, 9.17) is 13.7 Å². The number of hydrazine groups is 1. The van der Waals surface area contributed by atoms with Gasteiger partial charge in [-0.1, -0.05) is 24.3 Å². The van der Waals surface area contributed by atoms with E-state index < -0.39 is 23.9 Å². The maximum absolute atomic E-state index is 12.5. The number of benzene rings is 2. The van der Waals surface area contributed by atoms with Gasteiger partial charge in [0.2, 0.25) is 0 Å². The predicted octanol–water partition coefficient (Wildman–Crippen LogP) is 0.157. The summed E-state index contributed by atoms with van der Waals surface area (Å²) in [4.78, 5) is 37.3. The SMILES string of the molecule is [B]c1cc2c3c(c(Br)cc4c3c1C(=O)N(N)C4O)C(=O)N(S)C2=O. The largest absolute Gasteiger partial charge is 0.368 e. The van der Waals surface area contributed by atoms with Crippen LogP contribution >= 0.6 is 28.7 Å². The molecule has 10 heteroatoms. The molecule has 3 N–H and O–H groups in total. The van der Waals surface area contributed by atoms with Crippen molar-refractivity contribution in [2.45, 2.75) is 6.23 Å². The zero-order valence-electron chi connectivity index (χ0n) is 11.8. The third kappa shape index (κ3) is 1.68. The quantitative estimate of drug-likeness (QED) is 0.191. The first-order valence-electron chi connectivity index (χ1n) is 6.68. The summed E-state index contributed by atoms with van der Waals surface area (Å²) < 4.78 is 1.03. The zero-order valence-corrected chi connectivity index (χ0v) is 14.3. The molecule has 2 aromatic rings. The van der Waals surface area contributed by atoms with Crippen molar-refractivity contribution in [2.75, 3.05) is 0 Å². The van der Waals surface area contributed by atoms with Crippen molar-refractivity contribution in [1.29, 1.82) is 0 Å². The number of aliphatic hydroxyl groups is 1. The van der Waals surface area contributed by atoms with E-state index in [1.54, 1.807) is 0 Å². The van der Waals surface area contributed by atoms with Crippen LogP contribution in [0.2, 0.25) is 0 Å². The molecule has 24 heavy (non-hydrogen) atoms. The number of imide groups is 1. The number of hydrogen-bond acceptors (Lipinski definition) is 6. The number of amides is 3. The number of nitrogens with two attached hydrogens (primary N) is 1. The molecule has 1 unspecified atom stereocenters. The van der Waals surface area contributed by atoms with Crippen molar-refractivity contribution in [3.8, 4) is 0 Å². The van der Waals surface area contributed by atoms with E-state index in [9.17, 15) is 19.5 Å². The van der Waals surface area contributed by atoms with Crippen LogP contribution in [0.3, 0.4) is 0 Å². The summed E-state index contributed by atoms with van der Waals surface area (Å²) in [5.74, 6) is 3.65. The minimum atomic E-state index is -1.43. The summed E-state index contributed by atoms with van der Waals surface area (Å²) in [6, 6.07) is 2.80. The van der Waals surface area contributed by atoms with Gasteiger partial charge >= 0.3 is 0 Å². The molecule has 2 aliphatic heterocycles. The number of thiol groups is 1. The van der Waals surface area contributed by atoms with Crippen molar-refractivity contribution in [1.82, 2.24) is 9.31 Å². The molecule has 3 amide bonds. The Hall–Kier alpha value is -1.88. The van der Waals surface area contributed by atoms with Gasteiger partial charge in [-0.05, 0) is 22.0 Å². The molecule has 0 bridgehead atoms. The van der Waals surface area contributed by atoms with Gasteiger partial charge in [0.15, 0.2) is 6.23 Å². The van der Waals surface area contributed by atoms with Crippen molar-refractivity contribution in [3.05, 3.63) is 38.9 Å². The summed E-state index contributed by atoms with van der Waals surface area (Å²) in [6.45, 7) is 0. The average molecular weight is 404 g/mol. The Morgan fingerprint density at radius 3 is 2.46 bits per heavy atom. The highest BCUT2D eigenvalue weighted by Crippen LogP contribution is 2.42. The Labute approximate surface area is 150 Å². The van der Waals surface area contributed by atoms with Crippen LogP contribution < -0.4 is 11.3 Å². The fourth-order valence-corrected chi connectivity index (χ4v) is 3.99.